The number of rotatable bonds is 1. The normalized spacial score (nSPS) is 10.8. The molecule has 0 saturated carbocycles. The van der Waals surface area contributed by atoms with Gasteiger partial charge in [-0.3, -0.25) is 0 Å². The Morgan fingerprint density at radius 3 is 2.76 bits per heavy atom. The lowest BCUT2D eigenvalue weighted by atomic mass is 10.2. The molecule has 2 aromatic heterocycles. The zero-order valence-corrected chi connectivity index (χ0v) is 8.92. The highest BCUT2D eigenvalue weighted by molar-refractivity contribution is 5.83. The van der Waals surface area contributed by atoms with Crippen LogP contribution in [0.5, 0.6) is 5.75 Å². The van der Waals surface area contributed by atoms with Crippen LogP contribution in [0, 0.1) is 0 Å². The molecule has 0 spiro atoms. The second kappa shape index (κ2) is 3.52. The Hall–Kier alpha value is -2.49. The lowest BCUT2D eigenvalue weighted by Gasteiger charge is -1.95. The lowest BCUT2D eigenvalue weighted by molar-refractivity contribution is 0.476. The SMILES string of the molecule is Nc1ccc(-c2cc3cc(O)ccc3o2)cn1. The summed E-state index contributed by atoms with van der Waals surface area (Å²) < 4.78 is 5.66. The molecule has 0 saturated heterocycles. The number of benzene rings is 1. The van der Waals surface area contributed by atoms with Crippen LogP contribution in [-0.4, -0.2) is 10.1 Å². The van der Waals surface area contributed by atoms with Crippen molar-refractivity contribution in [1.82, 2.24) is 4.98 Å². The highest BCUT2D eigenvalue weighted by Crippen LogP contribution is 2.29. The second-order valence-corrected chi connectivity index (χ2v) is 3.80. The summed E-state index contributed by atoms with van der Waals surface area (Å²) in [5, 5.41) is 10.2. The summed E-state index contributed by atoms with van der Waals surface area (Å²) in [5.41, 5.74) is 7.11. The molecule has 0 atom stereocenters. The Labute approximate surface area is 97.3 Å². The molecule has 17 heavy (non-hydrogen) atoms. The molecule has 4 heteroatoms. The van der Waals surface area contributed by atoms with Crippen LogP contribution in [0.3, 0.4) is 0 Å². The Morgan fingerprint density at radius 1 is 1.12 bits per heavy atom. The van der Waals surface area contributed by atoms with Crippen molar-refractivity contribution >= 4 is 16.8 Å². The Morgan fingerprint density at radius 2 is 2.00 bits per heavy atom. The number of nitrogens with zero attached hydrogens (tertiary/aromatic N) is 1. The highest BCUT2D eigenvalue weighted by Gasteiger charge is 2.06. The first-order valence-corrected chi connectivity index (χ1v) is 5.17. The summed E-state index contributed by atoms with van der Waals surface area (Å²) in [7, 11) is 0. The van der Waals surface area contributed by atoms with Crippen molar-refractivity contribution in [2.75, 3.05) is 5.73 Å². The van der Waals surface area contributed by atoms with E-state index in [1.54, 1.807) is 30.5 Å². The van der Waals surface area contributed by atoms with E-state index in [0.29, 0.717) is 11.6 Å². The molecule has 3 rings (SSSR count). The number of nitrogens with two attached hydrogens (primary N) is 1. The average molecular weight is 226 g/mol. The van der Waals surface area contributed by atoms with E-state index in [1.807, 2.05) is 12.1 Å². The molecule has 0 fully saturated rings. The predicted molar refractivity (Wildman–Crippen MR) is 65.5 cm³/mol. The van der Waals surface area contributed by atoms with Crippen molar-refractivity contribution in [2.45, 2.75) is 0 Å². The number of furan rings is 1. The van der Waals surface area contributed by atoms with Crippen molar-refractivity contribution in [3.8, 4) is 17.1 Å². The van der Waals surface area contributed by atoms with Crippen LogP contribution >= 0.6 is 0 Å². The van der Waals surface area contributed by atoms with E-state index in [9.17, 15) is 5.11 Å². The smallest absolute Gasteiger partial charge is 0.136 e. The number of pyridine rings is 1. The van der Waals surface area contributed by atoms with Crippen LogP contribution < -0.4 is 5.73 Å². The van der Waals surface area contributed by atoms with E-state index in [4.69, 9.17) is 10.2 Å². The fourth-order valence-corrected chi connectivity index (χ4v) is 1.72. The number of phenolic OH excluding ortho intramolecular Hbond substituents is 1. The van der Waals surface area contributed by atoms with E-state index in [2.05, 4.69) is 4.98 Å². The van der Waals surface area contributed by atoms with Crippen LogP contribution in [-0.2, 0) is 0 Å². The largest absolute Gasteiger partial charge is 0.508 e. The van der Waals surface area contributed by atoms with E-state index in [1.165, 1.54) is 0 Å². The van der Waals surface area contributed by atoms with Gasteiger partial charge in [-0.2, -0.15) is 0 Å². The number of fused-ring (bicyclic) bond motifs is 1. The summed E-state index contributed by atoms with van der Waals surface area (Å²) >= 11 is 0. The highest BCUT2D eigenvalue weighted by atomic mass is 16.3. The molecule has 2 heterocycles. The van der Waals surface area contributed by atoms with Crippen LogP contribution in [0.4, 0.5) is 5.82 Å². The molecule has 1 aromatic carbocycles. The lowest BCUT2D eigenvalue weighted by Crippen LogP contribution is -1.87. The number of aromatic nitrogens is 1. The molecular formula is C13H10N2O2. The average Bonchev–Trinajstić information content (AvgIpc) is 2.72. The summed E-state index contributed by atoms with van der Waals surface area (Å²) in [4.78, 5) is 4.01. The quantitative estimate of drug-likeness (QED) is 0.669. The number of hydrogen-bond donors (Lipinski definition) is 2. The van der Waals surface area contributed by atoms with Crippen LogP contribution in [0.2, 0.25) is 0 Å². The summed E-state index contributed by atoms with van der Waals surface area (Å²) in [6.45, 7) is 0. The zero-order valence-electron chi connectivity index (χ0n) is 8.92. The first kappa shape index (κ1) is 9.72. The third-order valence-electron chi connectivity index (χ3n) is 2.57. The van der Waals surface area contributed by atoms with E-state index < -0.39 is 0 Å². The predicted octanol–water partition coefficient (Wildman–Crippen LogP) is 2.78. The molecule has 0 aliphatic carbocycles. The molecule has 0 aliphatic rings. The van der Waals surface area contributed by atoms with Gasteiger partial charge in [-0.1, -0.05) is 0 Å². The Bertz CT molecular complexity index is 671. The van der Waals surface area contributed by atoms with Crippen LogP contribution in [0.25, 0.3) is 22.3 Å². The number of anilines is 1. The van der Waals surface area contributed by atoms with Gasteiger partial charge in [0.1, 0.15) is 22.9 Å². The zero-order chi connectivity index (χ0) is 11.8. The molecule has 0 unspecified atom stereocenters. The maximum atomic E-state index is 9.38. The van der Waals surface area contributed by atoms with Crippen molar-refractivity contribution in [1.29, 1.82) is 0 Å². The van der Waals surface area contributed by atoms with Gasteiger partial charge in [0.25, 0.3) is 0 Å². The Balaban J connectivity index is 2.14. The second-order valence-electron chi connectivity index (χ2n) is 3.80. The van der Waals surface area contributed by atoms with Gasteiger partial charge in [0.15, 0.2) is 0 Å². The van der Waals surface area contributed by atoms with E-state index in [0.717, 1.165) is 16.5 Å². The minimum atomic E-state index is 0.222. The summed E-state index contributed by atoms with van der Waals surface area (Å²) in [5.74, 6) is 1.40. The maximum Gasteiger partial charge on any atom is 0.136 e. The first-order chi connectivity index (χ1) is 8.22. The van der Waals surface area contributed by atoms with Crippen LogP contribution in [0.1, 0.15) is 0 Å². The third kappa shape index (κ3) is 1.69. The van der Waals surface area contributed by atoms with Gasteiger partial charge in [0, 0.05) is 17.1 Å². The number of hydrogen-bond acceptors (Lipinski definition) is 4. The number of nitrogen functional groups attached to an aromatic ring is 1. The van der Waals surface area contributed by atoms with Gasteiger partial charge in [-0.25, -0.2) is 4.98 Å². The van der Waals surface area contributed by atoms with Crippen molar-refractivity contribution in [2.24, 2.45) is 0 Å². The molecule has 3 N–H and O–H groups in total. The van der Waals surface area contributed by atoms with Gasteiger partial charge in [-0.15, -0.1) is 0 Å². The third-order valence-corrected chi connectivity index (χ3v) is 2.57. The standard InChI is InChI=1S/C13H10N2O2/c14-13-4-1-8(7-15-13)12-6-9-5-10(16)2-3-11(9)17-12/h1-7,16H,(H2,14,15). The number of aromatic hydroxyl groups is 1. The van der Waals surface area contributed by atoms with Crippen molar-refractivity contribution in [3.63, 3.8) is 0 Å². The molecule has 0 aliphatic heterocycles. The first-order valence-electron chi connectivity index (χ1n) is 5.17. The topological polar surface area (TPSA) is 72.3 Å². The summed E-state index contributed by atoms with van der Waals surface area (Å²) in [6.07, 6.45) is 1.66. The molecule has 0 amide bonds. The fourth-order valence-electron chi connectivity index (χ4n) is 1.72. The van der Waals surface area contributed by atoms with Crippen molar-refractivity contribution in [3.05, 3.63) is 42.6 Å². The van der Waals surface area contributed by atoms with Crippen molar-refractivity contribution < 1.29 is 9.52 Å². The number of phenols is 1. The molecular weight excluding hydrogens is 216 g/mol. The molecule has 0 bridgehead atoms. The van der Waals surface area contributed by atoms with E-state index >= 15 is 0 Å². The monoisotopic (exact) mass is 226 g/mol. The van der Waals surface area contributed by atoms with Crippen LogP contribution in [0.15, 0.2) is 47.0 Å². The fraction of sp³-hybridized carbons (Fsp3) is 0. The Kier molecular flexibility index (Phi) is 2.01. The van der Waals surface area contributed by atoms with Gasteiger partial charge in [-0.05, 0) is 36.4 Å². The molecule has 84 valence electrons. The molecule has 3 aromatic rings. The minimum Gasteiger partial charge on any atom is -0.508 e. The van der Waals surface area contributed by atoms with E-state index in [-0.39, 0.29) is 5.75 Å². The summed E-state index contributed by atoms with van der Waals surface area (Å²) in [6, 6.07) is 10.4. The van der Waals surface area contributed by atoms with Gasteiger partial charge in [0.05, 0.1) is 0 Å². The van der Waals surface area contributed by atoms with Gasteiger partial charge in [0.2, 0.25) is 0 Å². The molecule has 0 radical (unpaired) electrons. The van der Waals surface area contributed by atoms with Gasteiger partial charge < -0.3 is 15.3 Å². The van der Waals surface area contributed by atoms with Gasteiger partial charge >= 0.3 is 0 Å². The maximum absolute atomic E-state index is 9.38. The molecule has 4 nitrogen and oxygen atoms in total. The minimum absolute atomic E-state index is 0.222.